The summed E-state index contributed by atoms with van der Waals surface area (Å²) in [7, 11) is 3.07. The molecule has 1 heterocycles. The van der Waals surface area contributed by atoms with Gasteiger partial charge >= 0.3 is 5.97 Å². The van der Waals surface area contributed by atoms with Crippen molar-refractivity contribution in [3.8, 4) is 0 Å². The van der Waals surface area contributed by atoms with Gasteiger partial charge in [-0.1, -0.05) is 0 Å². The van der Waals surface area contributed by atoms with Crippen molar-refractivity contribution in [1.82, 2.24) is 0 Å². The average Bonchev–Trinajstić information content (AvgIpc) is 2.47. The molecule has 0 bridgehead atoms. The zero-order valence-electron chi connectivity index (χ0n) is 12.4. The highest BCUT2D eigenvalue weighted by atomic mass is 19.1. The van der Waals surface area contributed by atoms with Crippen LogP contribution in [0.3, 0.4) is 0 Å². The van der Waals surface area contributed by atoms with Gasteiger partial charge in [-0.05, 0) is 30.9 Å². The Morgan fingerprint density at radius 3 is 2.95 bits per heavy atom. The molecule has 0 spiro atoms. The predicted octanol–water partition coefficient (Wildman–Crippen LogP) is 2.06. The number of benzene rings is 1. The fourth-order valence-corrected chi connectivity index (χ4v) is 2.59. The van der Waals surface area contributed by atoms with E-state index in [9.17, 15) is 9.18 Å². The van der Waals surface area contributed by atoms with Gasteiger partial charge in [0.15, 0.2) is 0 Å². The minimum atomic E-state index is -0.567. The molecule has 0 radical (unpaired) electrons. The lowest BCUT2D eigenvalue weighted by atomic mass is 10.0. The number of nitrogens with zero attached hydrogens (tertiary/aromatic N) is 1. The first-order valence-electron chi connectivity index (χ1n) is 6.99. The van der Waals surface area contributed by atoms with Crippen molar-refractivity contribution < 1.29 is 18.7 Å². The molecule has 1 unspecified atom stereocenters. The van der Waals surface area contributed by atoms with Crippen LogP contribution >= 0.6 is 0 Å². The van der Waals surface area contributed by atoms with Crippen molar-refractivity contribution in [3.05, 3.63) is 23.5 Å². The number of carbonyl (C=O) groups excluding carboxylic acids is 1. The Morgan fingerprint density at radius 1 is 1.57 bits per heavy atom. The number of nitrogens with two attached hydrogens (primary N) is 1. The van der Waals surface area contributed by atoms with Crippen molar-refractivity contribution in [2.45, 2.75) is 12.8 Å². The van der Waals surface area contributed by atoms with Crippen LogP contribution in [0, 0.1) is 11.7 Å². The summed E-state index contributed by atoms with van der Waals surface area (Å²) in [6.45, 7) is 2.15. The van der Waals surface area contributed by atoms with Gasteiger partial charge in [-0.3, -0.25) is 0 Å². The molecule has 0 aromatic heterocycles. The molecule has 1 aromatic rings. The van der Waals surface area contributed by atoms with E-state index < -0.39 is 11.8 Å². The highest BCUT2D eigenvalue weighted by Crippen LogP contribution is 2.27. The number of ether oxygens (including phenoxy) is 2. The minimum Gasteiger partial charge on any atom is -0.465 e. The minimum absolute atomic E-state index is 0.0810. The maximum absolute atomic E-state index is 14.1. The molecule has 2 rings (SSSR count). The SMILES string of the molecule is COC(=O)c1cc(N(C)CC2CCCOC2)c(F)cc1N. The normalized spacial score (nSPS) is 18.3. The number of carbonyl (C=O) groups is 1. The van der Waals surface area contributed by atoms with E-state index in [1.165, 1.54) is 13.2 Å². The van der Waals surface area contributed by atoms with Gasteiger partial charge in [0.1, 0.15) is 5.82 Å². The van der Waals surface area contributed by atoms with Crippen LogP contribution in [0.2, 0.25) is 0 Å². The summed E-state index contributed by atoms with van der Waals surface area (Å²) in [4.78, 5) is 13.4. The van der Waals surface area contributed by atoms with Crippen molar-refractivity contribution in [1.29, 1.82) is 0 Å². The van der Waals surface area contributed by atoms with Gasteiger partial charge < -0.3 is 20.1 Å². The molecule has 1 aromatic carbocycles. The molecular formula is C15H21FN2O3. The maximum atomic E-state index is 14.1. The lowest BCUT2D eigenvalue weighted by Crippen LogP contribution is -2.31. The molecule has 0 amide bonds. The monoisotopic (exact) mass is 296 g/mol. The largest absolute Gasteiger partial charge is 0.465 e. The summed E-state index contributed by atoms with van der Waals surface area (Å²) in [5, 5.41) is 0. The van der Waals surface area contributed by atoms with Gasteiger partial charge in [0.2, 0.25) is 0 Å². The molecule has 5 nitrogen and oxygen atoms in total. The third-order valence-corrected chi connectivity index (χ3v) is 3.72. The second kappa shape index (κ2) is 6.76. The second-order valence-electron chi connectivity index (χ2n) is 5.35. The molecule has 1 fully saturated rings. The van der Waals surface area contributed by atoms with Crippen molar-refractivity contribution >= 4 is 17.3 Å². The summed E-state index contributed by atoms with van der Waals surface area (Å²) < 4.78 is 24.2. The third-order valence-electron chi connectivity index (χ3n) is 3.72. The Balaban J connectivity index is 2.19. The topological polar surface area (TPSA) is 64.8 Å². The fraction of sp³-hybridized carbons (Fsp3) is 0.533. The third kappa shape index (κ3) is 3.64. The zero-order valence-corrected chi connectivity index (χ0v) is 12.4. The number of halogens is 1. The predicted molar refractivity (Wildman–Crippen MR) is 79.0 cm³/mol. The van der Waals surface area contributed by atoms with E-state index in [0.29, 0.717) is 24.8 Å². The van der Waals surface area contributed by atoms with E-state index >= 15 is 0 Å². The molecule has 2 N–H and O–H groups in total. The first kappa shape index (κ1) is 15.6. The number of anilines is 2. The number of rotatable bonds is 4. The lowest BCUT2D eigenvalue weighted by Gasteiger charge is -2.29. The Hall–Kier alpha value is -1.82. The van der Waals surface area contributed by atoms with Crippen LogP contribution in [0.25, 0.3) is 0 Å². The number of methoxy groups -OCH3 is 1. The second-order valence-corrected chi connectivity index (χ2v) is 5.35. The van der Waals surface area contributed by atoms with E-state index in [0.717, 1.165) is 25.5 Å². The van der Waals surface area contributed by atoms with Crippen molar-refractivity contribution in [3.63, 3.8) is 0 Å². The Morgan fingerprint density at radius 2 is 2.33 bits per heavy atom. The van der Waals surface area contributed by atoms with Gasteiger partial charge in [-0.2, -0.15) is 0 Å². The van der Waals surface area contributed by atoms with Gasteiger partial charge in [0.05, 0.1) is 25.0 Å². The van der Waals surface area contributed by atoms with Crippen LogP contribution in [0.15, 0.2) is 12.1 Å². The Kier molecular flexibility index (Phi) is 5.01. The molecule has 1 atom stereocenters. The highest BCUT2D eigenvalue weighted by molar-refractivity contribution is 5.96. The van der Waals surface area contributed by atoms with Gasteiger partial charge in [-0.15, -0.1) is 0 Å². The van der Waals surface area contributed by atoms with Crippen LogP contribution < -0.4 is 10.6 Å². The standard InChI is InChI=1S/C15H21FN2O3/c1-18(8-10-4-3-5-21-9-10)14-6-11(15(19)20-2)13(17)7-12(14)16/h6-7,10H,3-5,8-9,17H2,1-2H3. The highest BCUT2D eigenvalue weighted by Gasteiger charge is 2.20. The maximum Gasteiger partial charge on any atom is 0.340 e. The van der Waals surface area contributed by atoms with Crippen LogP contribution in [-0.2, 0) is 9.47 Å². The van der Waals surface area contributed by atoms with Gasteiger partial charge in [0.25, 0.3) is 0 Å². The molecule has 6 heteroatoms. The van der Waals surface area contributed by atoms with Crippen LogP contribution in [0.1, 0.15) is 23.2 Å². The lowest BCUT2D eigenvalue weighted by molar-refractivity contribution is 0.0575. The summed E-state index contributed by atoms with van der Waals surface area (Å²) in [6.07, 6.45) is 2.08. The van der Waals surface area contributed by atoms with Crippen LogP contribution in [0.4, 0.5) is 15.8 Å². The molecule has 0 aliphatic carbocycles. The summed E-state index contributed by atoms with van der Waals surface area (Å²) in [5.41, 5.74) is 6.28. The quantitative estimate of drug-likeness (QED) is 0.680. The first-order valence-corrected chi connectivity index (χ1v) is 6.99. The molecular weight excluding hydrogens is 275 g/mol. The Bertz CT molecular complexity index is 516. The zero-order chi connectivity index (χ0) is 15.4. The van der Waals surface area contributed by atoms with Crippen molar-refractivity contribution in [2.75, 3.05) is 44.5 Å². The molecule has 0 saturated carbocycles. The van der Waals surface area contributed by atoms with Gasteiger partial charge in [-0.25, -0.2) is 9.18 Å². The van der Waals surface area contributed by atoms with E-state index in [2.05, 4.69) is 4.74 Å². The van der Waals surface area contributed by atoms with Gasteiger partial charge in [0, 0.05) is 25.9 Å². The molecule has 21 heavy (non-hydrogen) atoms. The summed E-state index contributed by atoms with van der Waals surface area (Å²) in [5.74, 6) is -0.648. The van der Waals surface area contributed by atoms with E-state index in [1.54, 1.807) is 11.9 Å². The first-order chi connectivity index (χ1) is 10.0. The number of esters is 1. The van der Waals surface area contributed by atoms with E-state index in [1.807, 2.05) is 0 Å². The van der Waals surface area contributed by atoms with E-state index in [4.69, 9.17) is 10.5 Å². The molecule has 116 valence electrons. The average molecular weight is 296 g/mol. The van der Waals surface area contributed by atoms with Crippen LogP contribution in [0.5, 0.6) is 0 Å². The van der Waals surface area contributed by atoms with Crippen LogP contribution in [-0.4, -0.2) is 39.9 Å². The smallest absolute Gasteiger partial charge is 0.340 e. The number of hydrogen-bond acceptors (Lipinski definition) is 5. The summed E-state index contributed by atoms with van der Waals surface area (Å²) >= 11 is 0. The molecule has 1 saturated heterocycles. The fourth-order valence-electron chi connectivity index (χ4n) is 2.59. The Labute approximate surface area is 123 Å². The molecule has 1 aliphatic heterocycles. The number of hydrogen-bond donors (Lipinski definition) is 1. The molecule has 1 aliphatic rings. The van der Waals surface area contributed by atoms with Crippen molar-refractivity contribution in [2.24, 2.45) is 5.92 Å². The van der Waals surface area contributed by atoms with E-state index in [-0.39, 0.29) is 11.3 Å². The summed E-state index contributed by atoms with van der Waals surface area (Å²) in [6, 6.07) is 2.61. The number of nitrogen functional groups attached to an aromatic ring is 1.